The molecule has 0 N–H and O–H groups in total. The van der Waals surface area contributed by atoms with Gasteiger partial charge in [0.05, 0.1) is 17.7 Å². The van der Waals surface area contributed by atoms with Gasteiger partial charge in [-0.3, -0.25) is 4.98 Å². The van der Waals surface area contributed by atoms with Crippen molar-refractivity contribution in [2.24, 2.45) is 5.92 Å². The molecule has 3 aromatic rings. The first-order chi connectivity index (χ1) is 11.8. The third-order valence-electron chi connectivity index (χ3n) is 4.45. The van der Waals surface area contributed by atoms with Crippen LogP contribution in [0.4, 0.5) is 5.82 Å². The molecular formula is C17H19N5OS. The van der Waals surface area contributed by atoms with Crippen molar-refractivity contribution in [2.75, 3.05) is 24.6 Å². The summed E-state index contributed by atoms with van der Waals surface area (Å²) in [6.07, 6.45) is 7.21. The molecule has 0 radical (unpaired) electrons. The van der Waals surface area contributed by atoms with Crippen molar-refractivity contribution in [2.45, 2.75) is 19.8 Å². The molecule has 124 valence electrons. The summed E-state index contributed by atoms with van der Waals surface area (Å²) in [6.45, 7) is 4.61. The van der Waals surface area contributed by atoms with E-state index in [0.29, 0.717) is 18.4 Å². The second-order valence-electron chi connectivity index (χ2n) is 6.03. The van der Waals surface area contributed by atoms with Gasteiger partial charge in [0.15, 0.2) is 0 Å². The van der Waals surface area contributed by atoms with E-state index in [9.17, 15) is 0 Å². The molecule has 0 unspecified atom stereocenters. The molecule has 0 amide bonds. The Hall–Kier alpha value is -2.28. The molecule has 1 aliphatic rings. The largest absolute Gasteiger partial charge is 0.476 e. The Morgan fingerprint density at radius 2 is 2.00 bits per heavy atom. The van der Waals surface area contributed by atoms with Gasteiger partial charge in [0.2, 0.25) is 5.88 Å². The van der Waals surface area contributed by atoms with Crippen LogP contribution in [0.15, 0.2) is 30.2 Å². The van der Waals surface area contributed by atoms with E-state index in [0.717, 1.165) is 47.7 Å². The van der Waals surface area contributed by atoms with Gasteiger partial charge in [0.1, 0.15) is 17.0 Å². The molecule has 6 nitrogen and oxygen atoms in total. The van der Waals surface area contributed by atoms with Gasteiger partial charge >= 0.3 is 0 Å². The fourth-order valence-electron chi connectivity index (χ4n) is 3.07. The lowest BCUT2D eigenvalue weighted by Gasteiger charge is -2.32. The summed E-state index contributed by atoms with van der Waals surface area (Å²) in [5.74, 6) is 2.25. The lowest BCUT2D eigenvalue weighted by molar-refractivity contribution is 0.214. The first-order valence-electron chi connectivity index (χ1n) is 8.15. The predicted molar refractivity (Wildman–Crippen MR) is 94.6 cm³/mol. The number of aromatic nitrogens is 4. The Labute approximate surface area is 144 Å². The maximum absolute atomic E-state index is 5.86. The first kappa shape index (κ1) is 15.3. The average Bonchev–Trinajstić information content (AvgIpc) is 3.10. The van der Waals surface area contributed by atoms with Crippen LogP contribution in [0, 0.1) is 12.8 Å². The highest BCUT2D eigenvalue weighted by molar-refractivity contribution is 7.16. The minimum Gasteiger partial charge on any atom is -0.476 e. The van der Waals surface area contributed by atoms with E-state index in [4.69, 9.17) is 4.74 Å². The third kappa shape index (κ3) is 3.03. The Bertz CT molecular complexity index is 828. The molecule has 1 fully saturated rings. The van der Waals surface area contributed by atoms with Crippen molar-refractivity contribution >= 4 is 27.4 Å². The molecule has 1 aliphatic heterocycles. The molecule has 3 aromatic heterocycles. The molecular weight excluding hydrogens is 322 g/mol. The molecule has 24 heavy (non-hydrogen) atoms. The summed E-state index contributed by atoms with van der Waals surface area (Å²) in [5, 5.41) is 3.24. The van der Waals surface area contributed by atoms with Crippen molar-refractivity contribution in [3.63, 3.8) is 0 Å². The molecule has 0 bridgehead atoms. The summed E-state index contributed by atoms with van der Waals surface area (Å²) >= 11 is 1.66. The molecule has 0 saturated carbocycles. The van der Waals surface area contributed by atoms with Crippen LogP contribution < -0.4 is 9.64 Å². The third-order valence-corrected chi connectivity index (χ3v) is 5.27. The van der Waals surface area contributed by atoms with Crippen LogP contribution >= 0.6 is 11.3 Å². The number of aryl methyl sites for hydroxylation is 1. The average molecular weight is 341 g/mol. The van der Waals surface area contributed by atoms with Gasteiger partial charge in [-0.25, -0.2) is 15.0 Å². The number of hydrogen-bond acceptors (Lipinski definition) is 7. The summed E-state index contributed by atoms with van der Waals surface area (Å²) in [5.41, 5.74) is 0.843. The van der Waals surface area contributed by atoms with E-state index in [1.807, 2.05) is 6.92 Å². The Morgan fingerprint density at radius 3 is 2.83 bits per heavy atom. The SMILES string of the molecule is Cc1nccnc1OCC1CCN(c2ncnc3sccc23)CC1. The number of rotatable bonds is 4. The van der Waals surface area contributed by atoms with Crippen LogP contribution in [0.3, 0.4) is 0 Å². The second-order valence-corrected chi connectivity index (χ2v) is 6.92. The zero-order valence-electron chi connectivity index (χ0n) is 13.6. The normalized spacial score (nSPS) is 15.8. The summed E-state index contributed by atoms with van der Waals surface area (Å²) in [4.78, 5) is 20.7. The van der Waals surface area contributed by atoms with Gasteiger partial charge in [-0.2, -0.15) is 0 Å². The van der Waals surface area contributed by atoms with Gasteiger partial charge < -0.3 is 9.64 Å². The maximum Gasteiger partial charge on any atom is 0.235 e. The van der Waals surface area contributed by atoms with Gasteiger partial charge in [-0.05, 0) is 37.1 Å². The first-order valence-corrected chi connectivity index (χ1v) is 9.03. The molecule has 7 heteroatoms. The van der Waals surface area contributed by atoms with E-state index in [1.165, 1.54) is 0 Å². The van der Waals surface area contributed by atoms with Gasteiger partial charge in [-0.1, -0.05) is 0 Å². The van der Waals surface area contributed by atoms with Crippen molar-refractivity contribution in [3.05, 3.63) is 35.9 Å². The molecule has 4 heterocycles. The van der Waals surface area contributed by atoms with Crippen molar-refractivity contribution < 1.29 is 4.74 Å². The van der Waals surface area contributed by atoms with Crippen molar-refractivity contribution in [1.82, 2.24) is 19.9 Å². The van der Waals surface area contributed by atoms with E-state index >= 15 is 0 Å². The monoisotopic (exact) mass is 341 g/mol. The Morgan fingerprint density at radius 1 is 1.17 bits per heavy atom. The number of fused-ring (bicyclic) bond motifs is 1. The lowest BCUT2D eigenvalue weighted by Crippen LogP contribution is -2.36. The standard InChI is InChI=1S/C17H19N5OS/c1-12-16(19-6-5-18-12)23-10-13-2-7-22(8-3-13)15-14-4-9-24-17(14)21-11-20-15/h4-6,9,11,13H,2-3,7-8,10H2,1H3. The lowest BCUT2D eigenvalue weighted by atomic mass is 9.97. The van der Waals surface area contributed by atoms with Crippen LogP contribution in [0.1, 0.15) is 18.5 Å². The fraction of sp³-hybridized carbons (Fsp3) is 0.412. The van der Waals surface area contributed by atoms with Crippen LogP contribution in [-0.4, -0.2) is 39.6 Å². The van der Waals surface area contributed by atoms with Crippen LogP contribution in [0.2, 0.25) is 0 Å². The van der Waals surface area contributed by atoms with Gasteiger partial charge in [0, 0.05) is 25.5 Å². The number of hydrogen-bond donors (Lipinski definition) is 0. The van der Waals surface area contributed by atoms with Crippen molar-refractivity contribution in [3.8, 4) is 5.88 Å². The summed E-state index contributed by atoms with van der Waals surface area (Å²) in [6, 6.07) is 2.11. The predicted octanol–water partition coefficient (Wildman–Crippen LogP) is 3.09. The highest BCUT2D eigenvalue weighted by Crippen LogP contribution is 2.30. The Balaban J connectivity index is 1.37. The van der Waals surface area contributed by atoms with Gasteiger partial charge in [0.25, 0.3) is 0 Å². The summed E-state index contributed by atoms with van der Waals surface area (Å²) < 4.78 is 5.86. The van der Waals surface area contributed by atoms with Crippen LogP contribution in [0.5, 0.6) is 5.88 Å². The minimum absolute atomic E-state index is 0.544. The number of ether oxygens (including phenoxy) is 1. The zero-order valence-corrected chi connectivity index (χ0v) is 14.4. The number of nitrogens with zero attached hydrogens (tertiary/aromatic N) is 5. The smallest absolute Gasteiger partial charge is 0.235 e. The van der Waals surface area contributed by atoms with Crippen LogP contribution in [-0.2, 0) is 0 Å². The molecule has 0 spiro atoms. The van der Waals surface area contributed by atoms with E-state index in [1.54, 1.807) is 30.1 Å². The molecule has 0 aromatic carbocycles. The Kier molecular flexibility index (Phi) is 4.25. The molecule has 0 atom stereocenters. The topological polar surface area (TPSA) is 64.0 Å². The quantitative estimate of drug-likeness (QED) is 0.727. The highest BCUT2D eigenvalue weighted by Gasteiger charge is 2.22. The van der Waals surface area contributed by atoms with Crippen molar-refractivity contribution in [1.29, 1.82) is 0 Å². The maximum atomic E-state index is 5.86. The summed E-state index contributed by atoms with van der Waals surface area (Å²) in [7, 11) is 0. The molecule has 1 saturated heterocycles. The number of thiophene rings is 1. The van der Waals surface area contributed by atoms with Crippen LogP contribution in [0.25, 0.3) is 10.2 Å². The number of piperidine rings is 1. The molecule has 4 rings (SSSR count). The van der Waals surface area contributed by atoms with E-state index in [-0.39, 0.29) is 0 Å². The molecule has 0 aliphatic carbocycles. The van der Waals surface area contributed by atoms with E-state index in [2.05, 4.69) is 36.3 Å². The minimum atomic E-state index is 0.544. The number of anilines is 1. The van der Waals surface area contributed by atoms with E-state index < -0.39 is 0 Å². The fourth-order valence-corrected chi connectivity index (χ4v) is 3.80. The highest BCUT2D eigenvalue weighted by atomic mass is 32.1. The van der Waals surface area contributed by atoms with Gasteiger partial charge in [-0.15, -0.1) is 11.3 Å². The second kappa shape index (κ2) is 6.68. The zero-order chi connectivity index (χ0) is 16.4.